The largest absolute Gasteiger partial charge is 0.449 e. The van der Waals surface area contributed by atoms with Crippen LogP contribution in [0.15, 0.2) is 24.8 Å². The lowest BCUT2D eigenvalue weighted by atomic mass is 9.91. The van der Waals surface area contributed by atoms with Crippen molar-refractivity contribution < 1.29 is 9.53 Å². The van der Waals surface area contributed by atoms with Gasteiger partial charge in [-0.05, 0) is 50.5 Å². The van der Waals surface area contributed by atoms with Crippen molar-refractivity contribution in [1.29, 1.82) is 0 Å². The van der Waals surface area contributed by atoms with Crippen LogP contribution in [-0.4, -0.2) is 38.3 Å². The number of aromatic nitrogens is 4. The summed E-state index contributed by atoms with van der Waals surface area (Å²) in [7, 11) is 0. The van der Waals surface area contributed by atoms with Crippen molar-refractivity contribution in [3.05, 3.63) is 24.8 Å². The van der Waals surface area contributed by atoms with Gasteiger partial charge in [-0.25, -0.2) is 14.8 Å². The first-order chi connectivity index (χ1) is 12.8. The molecule has 3 aromatic heterocycles. The summed E-state index contributed by atoms with van der Waals surface area (Å²) in [5.41, 5.74) is 2.98. The van der Waals surface area contributed by atoms with E-state index in [4.69, 9.17) is 4.74 Å². The van der Waals surface area contributed by atoms with Gasteiger partial charge in [-0.3, -0.25) is 0 Å². The maximum atomic E-state index is 11.9. The number of ether oxygens (including phenoxy) is 1. The fraction of sp³-hybridized carbons (Fsp3) is 0.526. The second-order valence-electron chi connectivity index (χ2n) is 7.58. The first-order valence-corrected chi connectivity index (χ1v) is 9.50. The Morgan fingerprint density at radius 2 is 2.08 bits per heavy atom. The van der Waals surface area contributed by atoms with Gasteiger partial charge in [0.15, 0.2) is 0 Å². The summed E-state index contributed by atoms with van der Waals surface area (Å²) in [4.78, 5) is 24.0. The number of H-pyrrole nitrogens is 1. The Labute approximate surface area is 151 Å². The van der Waals surface area contributed by atoms with E-state index >= 15 is 0 Å². The van der Waals surface area contributed by atoms with Crippen LogP contribution < -0.4 is 5.32 Å². The number of aromatic amines is 1. The minimum atomic E-state index is -0.256. The van der Waals surface area contributed by atoms with Gasteiger partial charge in [0.2, 0.25) is 0 Å². The average Bonchev–Trinajstić information content (AvgIpc) is 3.18. The SMILES string of the molecule is O=C(NC1CCC(n2cnc3cnc4[nH]ccc4c32)CC1)OCC1CC1. The quantitative estimate of drug-likeness (QED) is 0.751. The van der Waals surface area contributed by atoms with Crippen molar-refractivity contribution >= 4 is 28.2 Å². The van der Waals surface area contributed by atoms with E-state index in [-0.39, 0.29) is 12.1 Å². The number of rotatable bonds is 4. The summed E-state index contributed by atoms with van der Waals surface area (Å²) >= 11 is 0. The Morgan fingerprint density at radius 1 is 1.23 bits per heavy atom. The van der Waals surface area contributed by atoms with E-state index < -0.39 is 0 Å². The lowest BCUT2D eigenvalue weighted by Gasteiger charge is -2.30. The highest BCUT2D eigenvalue weighted by molar-refractivity contribution is 6.00. The second-order valence-corrected chi connectivity index (χ2v) is 7.58. The molecule has 3 aromatic rings. The highest BCUT2D eigenvalue weighted by Gasteiger charge is 2.27. The Kier molecular flexibility index (Phi) is 3.80. The summed E-state index contributed by atoms with van der Waals surface area (Å²) in [6, 6.07) is 2.68. The summed E-state index contributed by atoms with van der Waals surface area (Å²) in [6.45, 7) is 0.572. The molecule has 136 valence electrons. The molecule has 1 amide bonds. The molecule has 0 saturated heterocycles. The molecule has 0 aliphatic heterocycles. The molecule has 0 bridgehead atoms. The zero-order valence-corrected chi connectivity index (χ0v) is 14.6. The summed E-state index contributed by atoms with van der Waals surface area (Å²) in [5, 5.41) is 4.14. The number of hydrogen-bond donors (Lipinski definition) is 2. The van der Waals surface area contributed by atoms with E-state index in [9.17, 15) is 4.79 Å². The molecular weight excluding hydrogens is 330 g/mol. The zero-order valence-electron chi connectivity index (χ0n) is 14.6. The minimum absolute atomic E-state index is 0.210. The molecule has 2 N–H and O–H groups in total. The predicted octanol–water partition coefficient (Wildman–Crippen LogP) is 3.53. The van der Waals surface area contributed by atoms with Crippen LogP contribution in [-0.2, 0) is 4.74 Å². The first kappa shape index (κ1) is 15.7. The highest BCUT2D eigenvalue weighted by Crippen LogP contribution is 2.33. The first-order valence-electron chi connectivity index (χ1n) is 9.50. The van der Waals surface area contributed by atoms with Crippen molar-refractivity contribution in [2.75, 3.05) is 6.61 Å². The highest BCUT2D eigenvalue weighted by atomic mass is 16.5. The third-order valence-corrected chi connectivity index (χ3v) is 5.68. The number of carbonyl (C=O) groups excluding carboxylic acids is 1. The van der Waals surface area contributed by atoms with E-state index in [1.54, 1.807) is 0 Å². The van der Waals surface area contributed by atoms with Gasteiger partial charge in [-0.2, -0.15) is 0 Å². The summed E-state index contributed by atoms with van der Waals surface area (Å²) in [5.74, 6) is 0.603. The average molecular weight is 353 g/mol. The van der Waals surface area contributed by atoms with Gasteiger partial charge in [-0.15, -0.1) is 0 Å². The molecule has 0 radical (unpaired) electrons. The Morgan fingerprint density at radius 3 is 2.88 bits per heavy atom. The van der Waals surface area contributed by atoms with E-state index in [1.807, 2.05) is 18.7 Å². The normalized spacial score (nSPS) is 23.4. The zero-order chi connectivity index (χ0) is 17.5. The van der Waals surface area contributed by atoms with E-state index in [0.29, 0.717) is 18.6 Å². The number of pyridine rings is 1. The van der Waals surface area contributed by atoms with Gasteiger partial charge in [0.25, 0.3) is 0 Å². The number of alkyl carbamates (subject to hydrolysis) is 1. The number of carbonyl (C=O) groups is 1. The number of nitrogens with zero attached hydrogens (tertiary/aromatic N) is 3. The lowest BCUT2D eigenvalue weighted by Crippen LogP contribution is -2.38. The maximum Gasteiger partial charge on any atom is 0.407 e. The topological polar surface area (TPSA) is 84.8 Å². The molecule has 2 aliphatic rings. The molecule has 0 spiro atoms. The molecular formula is C19H23N5O2. The number of amides is 1. The van der Waals surface area contributed by atoms with Crippen LogP contribution in [0.3, 0.4) is 0 Å². The van der Waals surface area contributed by atoms with E-state index in [2.05, 4.69) is 30.9 Å². The fourth-order valence-corrected chi connectivity index (χ4v) is 3.99. The molecule has 7 nitrogen and oxygen atoms in total. The number of nitrogens with one attached hydrogen (secondary N) is 2. The lowest BCUT2D eigenvalue weighted by molar-refractivity contribution is 0.133. The Balaban J connectivity index is 1.26. The van der Waals surface area contributed by atoms with Crippen LogP contribution in [0.1, 0.15) is 44.6 Å². The molecule has 5 rings (SSSR count). The number of fused-ring (bicyclic) bond motifs is 3. The molecule has 2 saturated carbocycles. The van der Waals surface area contributed by atoms with E-state index in [1.165, 1.54) is 12.8 Å². The van der Waals surface area contributed by atoms with Gasteiger partial charge in [0, 0.05) is 23.7 Å². The molecule has 0 aromatic carbocycles. The van der Waals surface area contributed by atoms with Crippen molar-refractivity contribution in [3.63, 3.8) is 0 Å². The van der Waals surface area contributed by atoms with Gasteiger partial charge < -0.3 is 19.6 Å². The Hall–Kier alpha value is -2.57. The molecule has 7 heteroatoms. The smallest absolute Gasteiger partial charge is 0.407 e. The third kappa shape index (κ3) is 2.91. The van der Waals surface area contributed by atoms with Crippen LogP contribution in [0, 0.1) is 5.92 Å². The van der Waals surface area contributed by atoms with Crippen molar-refractivity contribution in [2.45, 2.75) is 50.6 Å². The monoisotopic (exact) mass is 353 g/mol. The molecule has 2 fully saturated rings. The van der Waals surface area contributed by atoms with Gasteiger partial charge >= 0.3 is 6.09 Å². The van der Waals surface area contributed by atoms with Gasteiger partial charge in [-0.1, -0.05) is 0 Å². The van der Waals surface area contributed by atoms with Crippen LogP contribution >= 0.6 is 0 Å². The standard InChI is InChI=1S/C19H23N5O2/c25-19(26-10-12-1-2-12)23-13-3-5-14(6-4-13)24-11-22-16-9-21-18-15(17(16)24)7-8-20-18/h7-9,11-14H,1-6,10H2,(H,20,21)(H,23,25). The second kappa shape index (κ2) is 6.30. The maximum absolute atomic E-state index is 11.9. The van der Waals surface area contributed by atoms with Gasteiger partial charge in [0.05, 0.1) is 24.6 Å². The van der Waals surface area contributed by atoms with Crippen LogP contribution in [0.25, 0.3) is 22.1 Å². The van der Waals surface area contributed by atoms with Gasteiger partial charge in [0.1, 0.15) is 11.2 Å². The molecule has 0 atom stereocenters. The number of hydrogen-bond acceptors (Lipinski definition) is 4. The molecule has 2 aliphatic carbocycles. The molecule has 26 heavy (non-hydrogen) atoms. The van der Waals surface area contributed by atoms with Crippen molar-refractivity contribution in [1.82, 2.24) is 24.8 Å². The molecule has 3 heterocycles. The third-order valence-electron chi connectivity index (χ3n) is 5.68. The predicted molar refractivity (Wildman–Crippen MR) is 97.9 cm³/mol. The molecule has 0 unspecified atom stereocenters. The van der Waals surface area contributed by atoms with E-state index in [0.717, 1.165) is 47.8 Å². The fourth-order valence-electron chi connectivity index (χ4n) is 3.99. The Bertz CT molecular complexity index is 934. The van der Waals surface area contributed by atoms with Crippen LogP contribution in [0.4, 0.5) is 4.79 Å². The van der Waals surface area contributed by atoms with Crippen LogP contribution in [0.2, 0.25) is 0 Å². The minimum Gasteiger partial charge on any atom is -0.449 e. The summed E-state index contributed by atoms with van der Waals surface area (Å²) in [6.07, 6.45) is 11.8. The number of imidazole rings is 1. The van der Waals surface area contributed by atoms with Crippen molar-refractivity contribution in [2.24, 2.45) is 5.92 Å². The van der Waals surface area contributed by atoms with Crippen LogP contribution in [0.5, 0.6) is 0 Å². The summed E-state index contributed by atoms with van der Waals surface area (Å²) < 4.78 is 7.58. The van der Waals surface area contributed by atoms with Crippen molar-refractivity contribution in [3.8, 4) is 0 Å².